The molecule has 0 fully saturated rings. The molecule has 0 saturated carbocycles. The van der Waals surface area contributed by atoms with Crippen molar-refractivity contribution < 1.29 is 19.2 Å². The average molecular weight is 453 g/mol. The van der Waals surface area contributed by atoms with Gasteiger partial charge >= 0.3 is 12.1 Å². The number of carbonyl (C=O) groups excluding carboxylic acids is 2. The highest BCUT2D eigenvalue weighted by Crippen LogP contribution is 2.45. The van der Waals surface area contributed by atoms with Crippen LogP contribution in [0.5, 0.6) is 0 Å². The number of methoxy groups -OCH3 is 1. The normalized spacial score (nSPS) is 16.2. The number of fused-ring (bicyclic) bond motifs is 1. The Morgan fingerprint density at radius 3 is 2.55 bits per heavy atom. The Hall–Kier alpha value is -2.03. The van der Waals surface area contributed by atoms with Gasteiger partial charge in [-0.3, -0.25) is 10.2 Å². The number of thioether (sulfide) groups is 1. The summed E-state index contributed by atoms with van der Waals surface area (Å²) in [6.45, 7) is 4.19. The first-order valence-corrected chi connectivity index (χ1v) is 11.2. The molecule has 0 unspecified atom stereocenters. The van der Waals surface area contributed by atoms with Gasteiger partial charge in [0.05, 0.1) is 17.0 Å². The van der Waals surface area contributed by atoms with Crippen molar-refractivity contribution in [1.82, 2.24) is 0 Å². The predicted molar refractivity (Wildman–Crippen MR) is 118 cm³/mol. The Morgan fingerprint density at radius 2 is 1.93 bits per heavy atom. The van der Waals surface area contributed by atoms with E-state index in [1.54, 1.807) is 24.3 Å². The molecule has 3 rings (SSSR count). The molecular weight excluding hydrogens is 432 g/mol. The van der Waals surface area contributed by atoms with E-state index in [9.17, 15) is 9.59 Å². The van der Waals surface area contributed by atoms with Gasteiger partial charge in [-0.1, -0.05) is 30.6 Å². The largest absolute Gasteiger partial charge is 0.465 e. The lowest BCUT2D eigenvalue weighted by molar-refractivity contribution is 0.0604. The fraction of sp³-hybridized carbons (Fsp3) is 0.350. The van der Waals surface area contributed by atoms with Crippen molar-refractivity contribution in [3.8, 4) is 0 Å². The van der Waals surface area contributed by atoms with Gasteiger partial charge in [-0.05, 0) is 54.3 Å². The van der Waals surface area contributed by atoms with Gasteiger partial charge in [0.1, 0.15) is 4.88 Å². The number of hydrogen-bond acceptors (Lipinski definition) is 7. The van der Waals surface area contributed by atoms with E-state index >= 15 is 0 Å². The van der Waals surface area contributed by atoms with Gasteiger partial charge in [0.2, 0.25) is 0 Å². The molecule has 1 heterocycles. The second-order valence-corrected chi connectivity index (χ2v) is 9.87. The summed E-state index contributed by atoms with van der Waals surface area (Å²) < 4.78 is 5.91. The van der Waals surface area contributed by atoms with Crippen molar-refractivity contribution in [2.75, 3.05) is 18.7 Å². The third kappa shape index (κ3) is 4.94. The lowest BCUT2D eigenvalue weighted by Crippen LogP contribution is -2.28. The summed E-state index contributed by atoms with van der Waals surface area (Å²) in [7, 11) is 1.38. The zero-order valence-corrected chi connectivity index (χ0v) is 18.9. The second kappa shape index (κ2) is 8.77. The number of halogens is 1. The van der Waals surface area contributed by atoms with Gasteiger partial charge in [0.25, 0.3) is 0 Å². The lowest BCUT2D eigenvalue weighted by atomic mass is 9.74. The first-order valence-electron chi connectivity index (χ1n) is 8.83. The molecule has 1 amide bonds. The zero-order valence-electron chi connectivity index (χ0n) is 16.5. The SMILES string of the molecule is COC(=O)c1sc(SC)c2c1CC(C)(C)C/C2=N\OC(=O)Nc1ccc(Cl)cc1. The number of anilines is 1. The van der Waals surface area contributed by atoms with Crippen molar-refractivity contribution in [3.05, 3.63) is 45.3 Å². The Morgan fingerprint density at radius 1 is 1.24 bits per heavy atom. The predicted octanol–water partition coefficient (Wildman–Crippen LogP) is 5.84. The van der Waals surface area contributed by atoms with Gasteiger partial charge in [0.15, 0.2) is 0 Å². The third-order valence-electron chi connectivity index (χ3n) is 4.45. The highest BCUT2D eigenvalue weighted by atomic mass is 35.5. The van der Waals surface area contributed by atoms with Crippen LogP contribution in [0.4, 0.5) is 10.5 Å². The number of oxime groups is 1. The highest BCUT2D eigenvalue weighted by Gasteiger charge is 2.37. The molecule has 1 N–H and O–H groups in total. The van der Waals surface area contributed by atoms with E-state index < -0.39 is 6.09 Å². The van der Waals surface area contributed by atoms with E-state index in [4.69, 9.17) is 21.2 Å². The monoisotopic (exact) mass is 452 g/mol. The van der Waals surface area contributed by atoms with Gasteiger partial charge in [-0.15, -0.1) is 23.1 Å². The molecule has 0 saturated heterocycles. The van der Waals surface area contributed by atoms with Crippen LogP contribution in [0.25, 0.3) is 0 Å². The number of nitrogens with one attached hydrogen (secondary N) is 1. The van der Waals surface area contributed by atoms with Crippen LogP contribution in [0.2, 0.25) is 5.02 Å². The van der Waals surface area contributed by atoms with Crippen LogP contribution in [-0.4, -0.2) is 31.1 Å². The van der Waals surface area contributed by atoms with Crippen LogP contribution in [-0.2, 0) is 16.0 Å². The second-order valence-electron chi connectivity index (χ2n) is 7.33. The Labute approximate surface area is 182 Å². The summed E-state index contributed by atoms with van der Waals surface area (Å²) in [6, 6.07) is 6.69. The molecule has 154 valence electrons. The van der Waals surface area contributed by atoms with E-state index in [1.165, 1.54) is 30.2 Å². The fourth-order valence-electron chi connectivity index (χ4n) is 3.24. The molecule has 0 spiro atoms. The summed E-state index contributed by atoms with van der Waals surface area (Å²) in [6.07, 6.45) is 2.59. The minimum absolute atomic E-state index is 0.138. The summed E-state index contributed by atoms with van der Waals surface area (Å²) in [5.74, 6) is -0.356. The summed E-state index contributed by atoms with van der Waals surface area (Å²) in [4.78, 5) is 30.2. The molecule has 1 aliphatic carbocycles. The molecular formula is C20H21ClN2O4S2. The van der Waals surface area contributed by atoms with Crippen LogP contribution in [0.3, 0.4) is 0 Å². The fourth-order valence-corrected chi connectivity index (χ4v) is 5.38. The number of rotatable bonds is 4. The summed E-state index contributed by atoms with van der Waals surface area (Å²) >= 11 is 8.77. The van der Waals surface area contributed by atoms with E-state index in [0.29, 0.717) is 27.7 Å². The molecule has 0 aliphatic heterocycles. The van der Waals surface area contributed by atoms with Gasteiger partial charge < -0.3 is 4.74 Å². The summed E-state index contributed by atoms with van der Waals surface area (Å²) in [5.41, 5.74) is 2.85. The van der Waals surface area contributed by atoms with E-state index in [2.05, 4.69) is 24.3 Å². The van der Waals surface area contributed by atoms with E-state index in [1.807, 2.05) is 6.26 Å². The number of carbonyl (C=O) groups is 2. The standard InChI is InChI=1S/C20H21ClN2O4S2/c1-20(2)9-13-15(18(28-4)29-16(13)17(24)26-3)14(10-20)23-27-19(25)22-12-7-5-11(21)6-8-12/h5-8H,9-10H2,1-4H3,(H,22,25)/b23-14+. The van der Waals surface area contributed by atoms with Crippen molar-refractivity contribution in [2.45, 2.75) is 30.9 Å². The first-order chi connectivity index (χ1) is 13.7. The number of thiophene rings is 1. The lowest BCUT2D eigenvalue weighted by Gasteiger charge is -2.31. The maximum Gasteiger partial charge on any atom is 0.437 e. The minimum atomic E-state index is -0.695. The molecule has 29 heavy (non-hydrogen) atoms. The van der Waals surface area contributed by atoms with Gasteiger partial charge in [-0.25, -0.2) is 9.59 Å². The van der Waals surface area contributed by atoms with Crippen molar-refractivity contribution >= 4 is 58.2 Å². The zero-order chi connectivity index (χ0) is 21.2. The van der Waals surface area contributed by atoms with Gasteiger partial charge in [0, 0.05) is 16.3 Å². The van der Waals surface area contributed by atoms with Crippen molar-refractivity contribution in [3.63, 3.8) is 0 Å². The molecule has 1 aromatic heterocycles. The van der Waals surface area contributed by atoms with Crippen LogP contribution in [0.1, 0.15) is 41.1 Å². The van der Waals surface area contributed by atoms with E-state index in [0.717, 1.165) is 21.8 Å². The first kappa shape index (κ1) is 21.7. The topological polar surface area (TPSA) is 77.0 Å². The highest BCUT2D eigenvalue weighted by molar-refractivity contribution is 8.00. The number of benzene rings is 1. The Bertz CT molecular complexity index is 968. The minimum Gasteiger partial charge on any atom is -0.465 e. The number of nitrogens with zero attached hydrogens (tertiary/aromatic N) is 1. The Balaban J connectivity index is 1.89. The van der Waals surface area contributed by atoms with Gasteiger partial charge in [-0.2, -0.15) is 0 Å². The third-order valence-corrected chi connectivity index (χ3v) is 7.03. The number of amides is 1. The Kier molecular flexibility index (Phi) is 6.55. The molecule has 9 heteroatoms. The summed E-state index contributed by atoms with van der Waals surface area (Å²) in [5, 5.41) is 7.35. The van der Waals surface area contributed by atoms with Crippen molar-refractivity contribution in [1.29, 1.82) is 0 Å². The average Bonchev–Trinajstić information content (AvgIpc) is 3.04. The quantitative estimate of drug-likeness (QED) is 0.273. The van der Waals surface area contributed by atoms with E-state index in [-0.39, 0.29) is 11.4 Å². The number of hydrogen-bond donors (Lipinski definition) is 1. The number of ether oxygens (including phenoxy) is 1. The molecule has 0 atom stereocenters. The number of esters is 1. The smallest absolute Gasteiger partial charge is 0.437 e. The maximum absolute atomic E-state index is 12.3. The van der Waals surface area contributed by atoms with Crippen molar-refractivity contribution in [2.24, 2.45) is 10.6 Å². The van der Waals surface area contributed by atoms with Crippen LogP contribution in [0.15, 0.2) is 33.6 Å². The molecule has 0 bridgehead atoms. The molecule has 0 radical (unpaired) electrons. The van der Waals surface area contributed by atoms with Crippen LogP contribution in [0, 0.1) is 5.41 Å². The molecule has 6 nitrogen and oxygen atoms in total. The maximum atomic E-state index is 12.3. The molecule has 1 aliphatic rings. The van der Waals surface area contributed by atoms with Crippen LogP contribution < -0.4 is 5.32 Å². The molecule has 2 aromatic rings. The van der Waals surface area contributed by atoms with Crippen LogP contribution >= 0.6 is 34.7 Å². The molecule has 1 aromatic carbocycles.